The quantitative estimate of drug-likeness (QED) is 0.545. The van der Waals surface area contributed by atoms with E-state index in [9.17, 15) is 4.79 Å². The summed E-state index contributed by atoms with van der Waals surface area (Å²) in [5.41, 5.74) is 2.47. The number of carbonyl (C=O) groups is 1. The largest absolute Gasteiger partial charge is 0.496 e. The van der Waals surface area contributed by atoms with Crippen molar-refractivity contribution in [2.24, 2.45) is 0 Å². The van der Waals surface area contributed by atoms with Gasteiger partial charge in [0.25, 0.3) is 0 Å². The molecule has 0 unspecified atom stereocenters. The summed E-state index contributed by atoms with van der Waals surface area (Å²) in [6.45, 7) is 0.699. The number of halogens is 1. The van der Waals surface area contributed by atoms with E-state index in [1.807, 2.05) is 18.2 Å². The van der Waals surface area contributed by atoms with Crippen LogP contribution in [-0.2, 0) is 11.2 Å². The standard InChI is InChI=1S/C18H19BrN2O3S/c1-23-16-8-3-12(11-15(16)19)9-10-20-18(25)21-14-6-4-13(5-7-14)17(22)24-2/h3-8,11H,9-10H2,1-2H3,(H2,20,21,25). The first kappa shape index (κ1) is 19.2. The molecule has 0 heterocycles. The van der Waals surface area contributed by atoms with E-state index in [1.165, 1.54) is 12.7 Å². The fourth-order valence-electron chi connectivity index (χ4n) is 2.17. The van der Waals surface area contributed by atoms with Crippen molar-refractivity contribution < 1.29 is 14.3 Å². The third kappa shape index (κ3) is 5.72. The van der Waals surface area contributed by atoms with Crippen LogP contribution in [-0.4, -0.2) is 31.8 Å². The Hall–Kier alpha value is -2.12. The molecule has 0 aliphatic carbocycles. The lowest BCUT2D eigenvalue weighted by molar-refractivity contribution is 0.0601. The topological polar surface area (TPSA) is 59.6 Å². The fourth-order valence-corrected chi connectivity index (χ4v) is 2.98. The van der Waals surface area contributed by atoms with E-state index in [-0.39, 0.29) is 5.97 Å². The number of methoxy groups -OCH3 is 2. The van der Waals surface area contributed by atoms with Crippen LogP contribution in [0.5, 0.6) is 5.75 Å². The van der Waals surface area contributed by atoms with Crippen LogP contribution in [0, 0.1) is 0 Å². The molecule has 0 fully saturated rings. The van der Waals surface area contributed by atoms with E-state index >= 15 is 0 Å². The molecule has 0 aromatic heterocycles. The maximum absolute atomic E-state index is 11.4. The molecule has 2 aromatic rings. The van der Waals surface area contributed by atoms with Gasteiger partial charge in [-0.3, -0.25) is 0 Å². The molecule has 132 valence electrons. The van der Waals surface area contributed by atoms with E-state index < -0.39 is 0 Å². The average molecular weight is 423 g/mol. The van der Waals surface area contributed by atoms with Crippen LogP contribution in [0.2, 0.25) is 0 Å². The van der Waals surface area contributed by atoms with Crippen LogP contribution >= 0.6 is 28.1 Å². The number of rotatable bonds is 6. The number of hydrogen-bond donors (Lipinski definition) is 2. The van der Waals surface area contributed by atoms with Crippen LogP contribution in [0.1, 0.15) is 15.9 Å². The van der Waals surface area contributed by atoms with Gasteiger partial charge in [-0.25, -0.2) is 4.79 Å². The number of esters is 1. The first-order valence-corrected chi connectivity index (χ1v) is 8.79. The number of nitrogens with one attached hydrogen (secondary N) is 2. The van der Waals surface area contributed by atoms with Crippen molar-refractivity contribution in [1.82, 2.24) is 5.32 Å². The molecule has 2 N–H and O–H groups in total. The average Bonchev–Trinajstić information content (AvgIpc) is 2.62. The summed E-state index contributed by atoms with van der Waals surface area (Å²) in [5, 5.41) is 6.77. The highest BCUT2D eigenvalue weighted by Gasteiger charge is 2.05. The monoisotopic (exact) mass is 422 g/mol. The zero-order valence-electron chi connectivity index (χ0n) is 14.0. The highest BCUT2D eigenvalue weighted by molar-refractivity contribution is 9.10. The molecule has 2 rings (SSSR count). The molecule has 7 heteroatoms. The fraction of sp³-hybridized carbons (Fsp3) is 0.222. The molecule has 0 spiro atoms. The summed E-state index contributed by atoms with van der Waals surface area (Å²) in [4.78, 5) is 11.4. The Morgan fingerprint density at radius 2 is 1.88 bits per heavy atom. The van der Waals surface area contributed by atoms with Gasteiger partial charge in [-0.05, 0) is 76.5 Å². The Morgan fingerprint density at radius 3 is 2.48 bits per heavy atom. The number of benzene rings is 2. The van der Waals surface area contributed by atoms with Crippen LogP contribution in [0.15, 0.2) is 46.9 Å². The van der Waals surface area contributed by atoms with Gasteiger partial charge < -0.3 is 20.1 Å². The molecule has 0 saturated carbocycles. The van der Waals surface area contributed by atoms with E-state index in [4.69, 9.17) is 17.0 Å². The molecule has 0 bridgehead atoms. The van der Waals surface area contributed by atoms with E-state index in [1.54, 1.807) is 31.4 Å². The van der Waals surface area contributed by atoms with E-state index in [0.29, 0.717) is 17.2 Å². The third-order valence-corrected chi connectivity index (χ3v) is 4.35. The molecule has 0 amide bonds. The molecular weight excluding hydrogens is 404 g/mol. The van der Waals surface area contributed by atoms with Crippen LogP contribution in [0.25, 0.3) is 0 Å². The SMILES string of the molecule is COC(=O)c1ccc(NC(=S)NCCc2ccc(OC)c(Br)c2)cc1. The van der Waals surface area contributed by atoms with Gasteiger partial charge in [-0.2, -0.15) is 0 Å². The summed E-state index contributed by atoms with van der Waals surface area (Å²) in [6.07, 6.45) is 0.825. The van der Waals surface area contributed by atoms with Crippen molar-refractivity contribution >= 4 is 44.9 Å². The summed E-state index contributed by atoms with van der Waals surface area (Å²) < 4.78 is 10.8. The number of thiocarbonyl (C=S) groups is 1. The molecule has 2 aromatic carbocycles. The van der Waals surface area contributed by atoms with Gasteiger partial charge in [0.2, 0.25) is 0 Å². The smallest absolute Gasteiger partial charge is 0.337 e. The minimum Gasteiger partial charge on any atom is -0.496 e. The van der Waals surface area contributed by atoms with E-state index in [2.05, 4.69) is 31.3 Å². The van der Waals surface area contributed by atoms with Gasteiger partial charge in [-0.15, -0.1) is 0 Å². The number of carbonyl (C=O) groups excluding carboxylic acids is 1. The predicted octanol–water partition coefficient (Wildman–Crippen LogP) is 3.77. The Bertz CT molecular complexity index is 750. The van der Waals surface area contributed by atoms with Gasteiger partial charge in [0.15, 0.2) is 5.11 Å². The van der Waals surface area contributed by atoms with Gasteiger partial charge in [-0.1, -0.05) is 6.07 Å². The van der Waals surface area contributed by atoms with Crippen molar-refractivity contribution in [3.63, 3.8) is 0 Å². The first-order valence-electron chi connectivity index (χ1n) is 7.59. The Labute approximate surface area is 160 Å². The lowest BCUT2D eigenvalue weighted by Crippen LogP contribution is -2.30. The molecule has 0 atom stereocenters. The van der Waals surface area contributed by atoms with Gasteiger partial charge in [0, 0.05) is 12.2 Å². The maximum atomic E-state index is 11.4. The molecule has 0 saturated heterocycles. The number of anilines is 1. The summed E-state index contributed by atoms with van der Waals surface area (Å²) in [5.74, 6) is 0.446. The van der Waals surface area contributed by atoms with E-state index in [0.717, 1.165) is 22.3 Å². The number of ether oxygens (including phenoxy) is 2. The van der Waals surface area contributed by atoms with Crippen molar-refractivity contribution in [1.29, 1.82) is 0 Å². The summed E-state index contributed by atoms with van der Waals surface area (Å²) >= 11 is 8.76. The van der Waals surface area contributed by atoms with Gasteiger partial charge >= 0.3 is 5.97 Å². The lowest BCUT2D eigenvalue weighted by atomic mass is 10.1. The second-order valence-electron chi connectivity index (χ2n) is 5.17. The predicted molar refractivity (Wildman–Crippen MR) is 106 cm³/mol. The minimum atomic E-state index is -0.363. The summed E-state index contributed by atoms with van der Waals surface area (Å²) in [7, 11) is 3.00. The second-order valence-corrected chi connectivity index (χ2v) is 6.43. The highest BCUT2D eigenvalue weighted by Crippen LogP contribution is 2.25. The first-order chi connectivity index (χ1) is 12.0. The maximum Gasteiger partial charge on any atom is 0.337 e. The minimum absolute atomic E-state index is 0.363. The molecular formula is C18H19BrN2O3S. The van der Waals surface area contributed by atoms with Crippen molar-refractivity contribution in [2.75, 3.05) is 26.1 Å². The zero-order chi connectivity index (χ0) is 18.2. The molecule has 25 heavy (non-hydrogen) atoms. The van der Waals surface area contributed by atoms with Crippen LogP contribution < -0.4 is 15.4 Å². The van der Waals surface area contributed by atoms with Gasteiger partial charge in [0.05, 0.1) is 24.3 Å². The van der Waals surface area contributed by atoms with Crippen molar-refractivity contribution in [3.05, 3.63) is 58.1 Å². The molecule has 5 nitrogen and oxygen atoms in total. The van der Waals surface area contributed by atoms with Crippen LogP contribution in [0.4, 0.5) is 5.69 Å². The molecule has 0 radical (unpaired) electrons. The molecule has 0 aliphatic heterocycles. The van der Waals surface area contributed by atoms with Crippen molar-refractivity contribution in [2.45, 2.75) is 6.42 Å². The summed E-state index contributed by atoms with van der Waals surface area (Å²) in [6, 6.07) is 12.9. The highest BCUT2D eigenvalue weighted by atomic mass is 79.9. The zero-order valence-corrected chi connectivity index (χ0v) is 16.4. The Kier molecular flexibility index (Phi) is 7.21. The van der Waals surface area contributed by atoms with Crippen molar-refractivity contribution in [3.8, 4) is 5.75 Å². The normalized spacial score (nSPS) is 10.0. The second kappa shape index (κ2) is 9.39. The lowest BCUT2D eigenvalue weighted by Gasteiger charge is -2.11. The van der Waals surface area contributed by atoms with Gasteiger partial charge in [0.1, 0.15) is 5.75 Å². The number of hydrogen-bond acceptors (Lipinski definition) is 4. The Morgan fingerprint density at radius 1 is 1.16 bits per heavy atom. The third-order valence-electron chi connectivity index (χ3n) is 3.48. The Balaban J connectivity index is 1.80. The molecule has 0 aliphatic rings. The van der Waals surface area contributed by atoms with Crippen LogP contribution in [0.3, 0.4) is 0 Å².